The van der Waals surface area contributed by atoms with Gasteiger partial charge in [-0.1, -0.05) is 0 Å². The van der Waals surface area contributed by atoms with Crippen LogP contribution in [0.4, 0.5) is 0 Å². The first-order valence-corrected chi connectivity index (χ1v) is 8.85. The van der Waals surface area contributed by atoms with Gasteiger partial charge in [-0.2, -0.15) is 0 Å². The van der Waals surface area contributed by atoms with Crippen molar-refractivity contribution in [2.45, 2.75) is 26.3 Å². The zero-order chi connectivity index (χ0) is 18.7. The number of rotatable bonds is 6. The molecule has 0 spiro atoms. The highest BCUT2D eigenvalue weighted by molar-refractivity contribution is 7.15. The SMILES string of the molecule is Cc1cc(=O)n2c(CCNC(=O)CCn3ccc(=O)[nH]c3=O)csc2n1. The molecule has 0 saturated heterocycles. The van der Waals surface area contributed by atoms with Gasteiger partial charge in [0.1, 0.15) is 0 Å². The highest BCUT2D eigenvalue weighted by Crippen LogP contribution is 2.12. The maximum atomic E-state index is 12.1. The predicted octanol–water partition coefficient (Wildman–Crippen LogP) is -0.337. The lowest BCUT2D eigenvalue weighted by Crippen LogP contribution is -2.32. The second-order valence-corrected chi connectivity index (χ2v) is 6.57. The van der Waals surface area contributed by atoms with Crippen LogP contribution < -0.4 is 22.1 Å². The molecule has 0 aliphatic carbocycles. The molecule has 3 rings (SSSR count). The molecule has 2 N–H and O–H groups in total. The number of hydrogen-bond acceptors (Lipinski definition) is 6. The Kier molecular flexibility index (Phi) is 5.12. The van der Waals surface area contributed by atoms with Gasteiger partial charge in [0.15, 0.2) is 4.96 Å². The molecule has 9 nitrogen and oxygen atoms in total. The van der Waals surface area contributed by atoms with Gasteiger partial charge in [-0.3, -0.25) is 23.8 Å². The Morgan fingerprint density at radius 2 is 2.15 bits per heavy atom. The number of hydrogen-bond donors (Lipinski definition) is 2. The maximum Gasteiger partial charge on any atom is 0.328 e. The van der Waals surface area contributed by atoms with Crippen molar-refractivity contribution in [3.05, 3.63) is 66.3 Å². The standard InChI is InChI=1S/C16H17N5O4S/c1-10-8-14(24)21-11(9-26-16(21)18-10)2-5-17-12(22)3-6-20-7-4-13(23)19-15(20)25/h4,7-9H,2-3,5-6H2,1H3,(H,17,22)(H,19,23,25). The van der Waals surface area contributed by atoms with Crippen molar-refractivity contribution in [1.82, 2.24) is 24.3 Å². The fraction of sp³-hybridized carbons (Fsp3) is 0.312. The topological polar surface area (TPSA) is 118 Å². The van der Waals surface area contributed by atoms with Gasteiger partial charge in [0.2, 0.25) is 5.91 Å². The van der Waals surface area contributed by atoms with E-state index in [1.165, 1.54) is 34.2 Å². The largest absolute Gasteiger partial charge is 0.356 e. The summed E-state index contributed by atoms with van der Waals surface area (Å²) < 4.78 is 2.81. The molecule has 0 unspecified atom stereocenters. The van der Waals surface area contributed by atoms with Crippen LogP contribution in [0.5, 0.6) is 0 Å². The van der Waals surface area contributed by atoms with E-state index in [0.29, 0.717) is 23.6 Å². The second-order valence-electron chi connectivity index (χ2n) is 5.73. The van der Waals surface area contributed by atoms with Crippen molar-refractivity contribution in [3.63, 3.8) is 0 Å². The minimum absolute atomic E-state index is 0.108. The van der Waals surface area contributed by atoms with E-state index in [-0.39, 0.29) is 24.4 Å². The Hall–Kier alpha value is -3.01. The molecule has 3 aromatic heterocycles. The molecule has 0 aliphatic rings. The highest BCUT2D eigenvalue weighted by Gasteiger charge is 2.09. The van der Waals surface area contributed by atoms with Crippen molar-refractivity contribution in [3.8, 4) is 0 Å². The van der Waals surface area contributed by atoms with Crippen molar-refractivity contribution in [2.24, 2.45) is 0 Å². The minimum Gasteiger partial charge on any atom is -0.356 e. The van der Waals surface area contributed by atoms with E-state index in [2.05, 4.69) is 15.3 Å². The Morgan fingerprint density at radius 3 is 2.92 bits per heavy atom. The average molecular weight is 375 g/mol. The first kappa shape index (κ1) is 17.8. The summed E-state index contributed by atoms with van der Waals surface area (Å²) in [5.74, 6) is -0.219. The van der Waals surface area contributed by atoms with Crippen LogP contribution in [0.15, 0.2) is 38.1 Å². The van der Waals surface area contributed by atoms with E-state index in [1.807, 2.05) is 5.38 Å². The predicted molar refractivity (Wildman–Crippen MR) is 96.7 cm³/mol. The molecular formula is C16H17N5O4S. The third-order valence-electron chi connectivity index (χ3n) is 3.78. The number of nitrogens with zero attached hydrogens (tertiary/aromatic N) is 3. The van der Waals surface area contributed by atoms with E-state index in [9.17, 15) is 19.2 Å². The molecule has 0 aliphatic heterocycles. The average Bonchev–Trinajstić information content (AvgIpc) is 2.97. The number of aromatic amines is 1. The smallest absolute Gasteiger partial charge is 0.328 e. The number of aryl methyl sites for hydroxylation is 2. The van der Waals surface area contributed by atoms with Crippen molar-refractivity contribution >= 4 is 22.2 Å². The highest BCUT2D eigenvalue weighted by atomic mass is 32.1. The molecule has 0 aromatic carbocycles. The molecule has 0 atom stereocenters. The van der Waals surface area contributed by atoms with Crippen LogP contribution in [0.1, 0.15) is 17.8 Å². The van der Waals surface area contributed by atoms with Crippen molar-refractivity contribution in [1.29, 1.82) is 0 Å². The fourth-order valence-corrected chi connectivity index (χ4v) is 3.49. The van der Waals surface area contributed by atoms with Gasteiger partial charge in [0.05, 0.1) is 0 Å². The van der Waals surface area contributed by atoms with Crippen molar-refractivity contribution in [2.75, 3.05) is 6.54 Å². The van der Waals surface area contributed by atoms with Gasteiger partial charge in [0, 0.05) is 61.0 Å². The van der Waals surface area contributed by atoms with Gasteiger partial charge < -0.3 is 9.88 Å². The Bertz CT molecular complexity index is 1120. The molecule has 3 aromatic rings. The summed E-state index contributed by atoms with van der Waals surface area (Å²) in [6, 6.07) is 2.71. The third kappa shape index (κ3) is 3.97. The molecule has 0 saturated carbocycles. The van der Waals surface area contributed by atoms with Crippen molar-refractivity contribution < 1.29 is 4.79 Å². The molecule has 1 amide bonds. The summed E-state index contributed by atoms with van der Waals surface area (Å²) >= 11 is 1.38. The summed E-state index contributed by atoms with van der Waals surface area (Å²) in [5.41, 5.74) is 0.317. The van der Waals surface area contributed by atoms with Gasteiger partial charge in [0.25, 0.3) is 11.1 Å². The molecule has 0 radical (unpaired) electrons. The summed E-state index contributed by atoms with van der Waals surface area (Å²) in [6.45, 7) is 2.31. The molecule has 26 heavy (non-hydrogen) atoms. The maximum absolute atomic E-state index is 12.1. The van der Waals surface area contributed by atoms with E-state index in [1.54, 1.807) is 11.3 Å². The van der Waals surface area contributed by atoms with Crippen LogP contribution in [-0.2, 0) is 17.8 Å². The zero-order valence-corrected chi connectivity index (χ0v) is 14.8. The normalized spacial score (nSPS) is 11.0. The van der Waals surface area contributed by atoms with Gasteiger partial charge in [-0.05, 0) is 6.92 Å². The lowest BCUT2D eigenvalue weighted by Gasteiger charge is -2.06. The monoisotopic (exact) mass is 375 g/mol. The fourth-order valence-electron chi connectivity index (χ4n) is 2.52. The first-order valence-electron chi connectivity index (χ1n) is 7.97. The van der Waals surface area contributed by atoms with E-state index < -0.39 is 11.2 Å². The molecular weight excluding hydrogens is 358 g/mol. The lowest BCUT2D eigenvalue weighted by atomic mass is 10.3. The summed E-state index contributed by atoms with van der Waals surface area (Å²) in [4.78, 5) is 53.6. The lowest BCUT2D eigenvalue weighted by molar-refractivity contribution is -0.121. The molecule has 3 heterocycles. The number of thiazole rings is 1. The van der Waals surface area contributed by atoms with Crippen LogP contribution in [0.2, 0.25) is 0 Å². The number of amides is 1. The van der Waals surface area contributed by atoms with Gasteiger partial charge in [-0.25, -0.2) is 9.78 Å². The number of carbonyl (C=O) groups is 1. The summed E-state index contributed by atoms with van der Waals surface area (Å²) in [5, 5.41) is 4.62. The Labute approximate surface area is 151 Å². The third-order valence-corrected chi connectivity index (χ3v) is 4.66. The minimum atomic E-state index is -0.544. The van der Waals surface area contributed by atoms with Gasteiger partial charge in [-0.15, -0.1) is 11.3 Å². The van der Waals surface area contributed by atoms with E-state index >= 15 is 0 Å². The Morgan fingerprint density at radius 1 is 1.35 bits per heavy atom. The van der Waals surface area contributed by atoms with Crippen LogP contribution in [0.3, 0.4) is 0 Å². The number of aromatic nitrogens is 4. The van der Waals surface area contributed by atoms with Crippen LogP contribution in [0, 0.1) is 6.92 Å². The number of fused-ring (bicyclic) bond motifs is 1. The van der Waals surface area contributed by atoms with Gasteiger partial charge >= 0.3 is 5.69 Å². The van der Waals surface area contributed by atoms with Crippen LogP contribution in [-0.4, -0.2) is 31.4 Å². The van der Waals surface area contributed by atoms with Crippen LogP contribution in [0.25, 0.3) is 4.96 Å². The number of carbonyl (C=O) groups excluding carboxylic acids is 1. The molecule has 136 valence electrons. The Balaban J connectivity index is 1.55. The number of H-pyrrole nitrogens is 1. The first-order chi connectivity index (χ1) is 12.4. The molecule has 0 bridgehead atoms. The summed E-state index contributed by atoms with van der Waals surface area (Å²) in [6.07, 6.45) is 1.96. The zero-order valence-electron chi connectivity index (χ0n) is 14.0. The quantitative estimate of drug-likeness (QED) is 0.611. The summed E-state index contributed by atoms with van der Waals surface area (Å²) in [7, 11) is 0. The van der Waals surface area contributed by atoms with Crippen LogP contribution >= 0.6 is 11.3 Å². The second kappa shape index (κ2) is 7.48. The number of nitrogens with one attached hydrogen (secondary N) is 2. The van der Waals surface area contributed by atoms with E-state index in [4.69, 9.17) is 0 Å². The molecule has 10 heteroatoms. The van der Waals surface area contributed by atoms with E-state index in [0.717, 1.165) is 5.69 Å². The molecule has 0 fully saturated rings.